The Balaban J connectivity index is 2.48. The molecule has 0 spiro atoms. The summed E-state index contributed by atoms with van der Waals surface area (Å²) in [5.74, 6) is 0.254. The molecular weight excluding hydrogens is 250 g/mol. The van der Waals surface area contributed by atoms with E-state index in [4.69, 9.17) is 0 Å². The Kier molecular flexibility index (Phi) is 4.41. The van der Waals surface area contributed by atoms with Gasteiger partial charge in [0.1, 0.15) is 5.75 Å². The highest BCUT2D eigenvalue weighted by molar-refractivity contribution is 5.95. The first-order valence-electron chi connectivity index (χ1n) is 6.74. The van der Waals surface area contributed by atoms with E-state index in [-0.39, 0.29) is 11.7 Å². The van der Waals surface area contributed by atoms with Crippen LogP contribution in [0.5, 0.6) is 5.75 Å². The zero-order valence-corrected chi connectivity index (χ0v) is 11.8. The van der Waals surface area contributed by atoms with E-state index in [9.17, 15) is 9.90 Å². The molecule has 2 N–H and O–H groups in total. The largest absolute Gasteiger partial charge is 0.507 e. The molecule has 0 unspecified atom stereocenters. The van der Waals surface area contributed by atoms with Crippen molar-refractivity contribution < 1.29 is 9.90 Å². The summed E-state index contributed by atoms with van der Waals surface area (Å²) in [6, 6.07) is 9.71. The second-order valence-electron chi connectivity index (χ2n) is 4.75. The molecule has 2 rings (SSSR count). The fourth-order valence-corrected chi connectivity index (χ4v) is 2.39. The first-order chi connectivity index (χ1) is 9.63. The van der Waals surface area contributed by atoms with E-state index in [1.54, 1.807) is 6.07 Å². The average molecular weight is 269 g/mol. The number of rotatable bonds is 4. The quantitative estimate of drug-likeness (QED) is 0.895. The minimum absolute atomic E-state index is 0.0261. The Morgan fingerprint density at radius 3 is 2.80 bits per heavy atom. The number of hydrogen-bond acceptors (Lipinski definition) is 2. The molecule has 0 fully saturated rings. The van der Waals surface area contributed by atoms with Crippen molar-refractivity contribution in [3.05, 3.63) is 47.5 Å². The Labute approximate surface area is 118 Å². The van der Waals surface area contributed by atoms with Crippen molar-refractivity contribution in [3.63, 3.8) is 0 Å². The summed E-state index contributed by atoms with van der Waals surface area (Å²) >= 11 is 0. The van der Waals surface area contributed by atoms with E-state index in [2.05, 4.69) is 5.32 Å². The van der Waals surface area contributed by atoms with E-state index in [1.807, 2.05) is 43.3 Å². The first kappa shape index (κ1) is 14.1. The van der Waals surface area contributed by atoms with Crippen molar-refractivity contribution in [1.82, 2.24) is 5.32 Å². The number of aromatic hydroxyl groups is 1. The second-order valence-corrected chi connectivity index (χ2v) is 4.75. The highest BCUT2D eigenvalue weighted by Crippen LogP contribution is 2.31. The molecule has 3 heteroatoms. The summed E-state index contributed by atoms with van der Waals surface area (Å²) in [5, 5.41) is 15.0. The van der Waals surface area contributed by atoms with Gasteiger partial charge in [0.15, 0.2) is 0 Å². The van der Waals surface area contributed by atoms with Crippen molar-refractivity contribution in [3.8, 4) is 5.75 Å². The van der Waals surface area contributed by atoms with Gasteiger partial charge in [-0.15, -0.1) is 0 Å². The molecule has 104 valence electrons. The van der Waals surface area contributed by atoms with Crippen LogP contribution in [0.25, 0.3) is 16.8 Å². The molecular formula is C17H19NO2. The minimum atomic E-state index is -0.0261. The van der Waals surface area contributed by atoms with E-state index in [1.165, 1.54) is 6.92 Å². The van der Waals surface area contributed by atoms with Gasteiger partial charge in [-0.25, -0.2) is 0 Å². The summed E-state index contributed by atoms with van der Waals surface area (Å²) in [4.78, 5) is 11.0. The lowest BCUT2D eigenvalue weighted by Crippen LogP contribution is -2.22. The number of phenols is 1. The van der Waals surface area contributed by atoms with Gasteiger partial charge in [-0.1, -0.05) is 36.4 Å². The molecule has 0 saturated heterocycles. The molecule has 0 saturated carbocycles. The first-order valence-corrected chi connectivity index (χ1v) is 6.74. The molecule has 2 aromatic rings. The number of benzene rings is 2. The van der Waals surface area contributed by atoms with Crippen LogP contribution in [0, 0.1) is 0 Å². The van der Waals surface area contributed by atoms with E-state index in [0.717, 1.165) is 28.3 Å². The summed E-state index contributed by atoms with van der Waals surface area (Å²) in [5.41, 5.74) is 1.96. The van der Waals surface area contributed by atoms with Crippen molar-refractivity contribution in [1.29, 1.82) is 0 Å². The SMILES string of the molecule is C/C=C\c1c(O)ccc2cccc(CCNC(C)=O)c12. The van der Waals surface area contributed by atoms with E-state index < -0.39 is 0 Å². The molecule has 1 amide bonds. The van der Waals surface area contributed by atoms with Gasteiger partial charge >= 0.3 is 0 Å². The number of phenolic OH excluding ortho intramolecular Hbond substituents is 1. The Morgan fingerprint density at radius 1 is 1.30 bits per heavy atom. The molecule has 0 radical (unpaired) electrons. The predicted molar refractivity (Wildman–Crippen MR) is 82.7 cm³/mol. The van der Waals surface area contributed by atoms with Gasteiger partial charge in [0.25, 0.3) is 0 Å². The third-order valence-electron chi connectivity index (χ3n) is 3.25. The van der Waals surface area contributed by atoms with Crippen molar-refractivity contribution >= 4 is 22.8 Å². The zero-order chi connectivity index (χ0) is 14.5. The maximum Gasteiger partial charge on any atom is 0.216 e. The standard InChI is InChI=1S/C17H19NO2/c1-3-5-15-16(20)9-8-13-6-4-7-14(17(13)15)10-11-18-12(2)19/h3-9,20H,10-11H2,1-2H3,(H,18,19)/b5-3-. The number of fused-ring (bicyclic) bond motifs is 1. The van der Waals surface area contributed by atoms with Crippen LogP contribution in [0.4, 0.5) is 0 Å². The van der Waals surface area contributed by atoms with Gasteiger partial charge in [0, 0.05) is 19.0 Å². The highest BCUT2D eigenvalue weighted by atomic mass is 16.3. The Bertz CT molecular complexity index is 659. The third-order valence-corrected chi connectivity index (χ3v) is 3.25. The third kappa shape index (κ3) is 2.99. The van der Waals surface area contributed by atoms with Gasteiger partial charge in [-0.3, -0.25) is 4.79 Å². The van der Waals surface area contributed by atoms with E-state index >= 15 is 0 Å². The molecule has 0 heterocycles. The summed E-state index contributed by atoms with van der Waals surface area (Å²) in [7, 11) is 0. The van der Waals surface area contributed by atoms with Crippen LogP contribution >= 0.6 is 0 Å². The number of allylic oxidation sites excluding steroid dienone is 1. The van der Waals surface area contributed by atoms with Gasteiger partial charge in [-0.2, -0.15) is 0 Å². The monoisotopic (exact) mass is 269 g/mol. The number of carbonyl (C=O) groups excluding carboxylic acids is 1. The van der Waals surface area contributed by atoms with Crippen LogP contribution in [-0.2, 0) is 11.2 Å². The number of hydrogen-bond donors (Lipinski definition) is 2. The maximum absolute atomic E-state index is 11.0. The van der Waals surface area contributed by atoms with Gasteiger partial charge in [0.05, 0.1) is 0 Å². The smallest absolute Gasteiger partial charge is 0.216 e. The lowest BCUT2D eigenvalue weighted by molar-refractivity contribution is -0.118. The molecule has 3 nitrogen and oxygen atoms in total. The molecule has 0 bridgehead atoms. The molecule has 0 aliphatic heterocycles. The summed E-state index contributed by atoms with van der Waals surface area (Å²) in [6.45, 7) is 4.04. The fourth-order valence-electron chi connectivity index (χ4n) is 2.39. The molecule has 2 aromatic carbocycles. The lowest BCUT2D eigenvalue weighted by Gasteiger charge is -2.11. The van der Waals surface area contributed by atoms with Gasteiger partial charge < -0.3 is 10.4 Å². The second kappa shape index (κ2) is 6.24. The molecule has 0 aromatic heterocycles. The van der Waals surface area contributed by atoms with Gasteiger partial charge in [0.2, 0.25) is 5.91 Å². The molecule has 0 aliphatic rings. The lowest BCUT2D eigenvalue weighted by atomic mass is 9.96. The highest BCUT2D eigenvalue weighted by Gasteiger charge is 2.08. The molecule has 0 atom stereocenters. The Hall–Kier alpha value is -2.29. The van der Waals surface area contributed by atoms with Crippen LogP contribution in [0.2, 0.25) is 0 Å². The van der Waals surface area contributed by atoms with E-state index in [0.29, 0.717) is 6.54 Å². The van der Waals surface area contributed by atoms with Gasteiger partial charge in [-0.05, 0) is 35.7 Å². The molecule has 20 heavy (non-hydrogen) atoms. The van der Waals surface area contributed by atoms with Crippen molar-refractivity contribution in [2.45, 2.75) is 20.3 Å². The average Bonchev–Trinajstić information content (AvgIpc) is 2.42. The number of nitrogens with one attached hydrogen (secondary N) is 1. The van der Waals surface area contributed by atoms with Crippen molar-refractivity contribution in [2.75, 3.05) is 6.54 Å². The Morgan fingerprint density at radius 2 is 2.10 bits per heavy atom. The number of carbonyl (C=O) groups is 1. The minimum Gasteiger partial charge on any atom is -0.507 e. The topological polar surface area (TPSA) is 49.3 Å². The number of amides is 1. The summed E-state index contributed by atoms with van der Waals surface area (Å²) in [6.07, 6.45) is 4.57. The normalized spacial score (nSPS) is 11.1. The maximum atomic E-state index is 11.0. The summed E-state index contributed by atoms with van der Waals surface area (Å²) < 4.78 is 0. The molecule has 0 aliphatic carbocycles. The van der Waals surface area contributed by atoms with Crippen molar-refractivity contribution in [2.24, 2.45) is 0 Å². The fraction of sp³-hybridized carbons (Fsp3) is 0.235. The van der Waals surface area contributed by atoms with Crippen LogP contribution < -0.4 is 5.32 Å². The van der Waals surface area contributed by atoms with Crippen LogP contribution in [0.15, 0.2) is 36.4 Å². The van der Waals surface area contributed by atoms with Crippen LogP contribution in [0.3, 0.4) is 0 Å². The van der Waals surface area contributed by atoms with Crippen LogP contribution in [0.1, 0.15) is 25.0 Å². The predicted octanol–water partition coefficient (Wildman–Crippen LogP) is 3.26. The zero-order valence-electron chi connectivity index (χ0n) is 11.8. The van der Waals surface area contributed by atoms with Crippen LogP contribution in [-0.4, -0.2) is 17.6 Å².